The molecule has 0 saturated carbocycles. The van der Waals surface area contributed by atoms with Gasteiger partial charge in [0.1, 0.15) is 5.82 Å². The van der Waals surface area contributed by atoms with Crippen LogP contribution in [-0.2, 0) is 0 Å². The molecule has 1 N–H and O–H groups in total. The van der Waals surface area contributed by atoms with Crippen molar-refractivity contribution in [1.82, 2.24) is 4.98 Å². The van der Waals surface area contributed by atoms with E-state index in [1.54, 1.807) is 6.20 Å². The highest BCUT2D eigenvalue weighted by Gasteiger charge is 2.00. The fraction of sp³-hybridized carbons (Fsp3) is 0.0833. The molecule has 0 spiro atoms. The maximum Gasteiger partial charge on any atom is 0.149 e. The number of pyridine rings is 1. The Morgan fingerprint density at radius 1 is 1.20 bits per heavy atom. The molecule has 0 aliphatic heterocycles. The van der Waals surface area contributed by atoms with Crippen molar-refractivity contribution in [3.8, 4) is 0 Å². The van der Waals surface area contributed by atoms with Crippen molar-refractivity contribution >= 4 is 23.1 Å². The lowest BCUT2D eigenvalue weighted by Crippen LogP contribution is -1.93. The molecule has 0 fully saturated rings. The highest BCUT2D eigenvalue weighted by molar-refractivity contribution is 6.33. The van der Waals surface area contributed by atoms with Crippen LogP contribution in [0.3, 0.4) is 0 Å². The first-order valence-corrected chi connectivity index (χ1v) is 5.08. The van der Waals surface area contributed by atoms with Crippen molar-refractivity contribution in [3.05, 3.63) is 53.2 Å². The minimum Gasteiger partial charge on any atom is -0.339 e. The van der Waals surface area contributed by atoms with Gasteiger partial charge in [0.2, 0.25) is 0 Å². The van der Waals surface area contributed by atoms with Crippen molar-refractivity contribution < 1.29 is 0 Å². The van der Waals surface area contributed by atoms with E-state index >= 15 is 0 Å². The third-order valence-corrected chi connectivity index (χ3v) is 2.34. The van der Waals surface area contributed by atoms with Gasteiger partial charge in [-0.15, -0.1) is 0 Å². The molecule has 15 heavy (non-hydrogen) atoms. The number of nitrogens with zero attached hydrogens (tertiary/aromatic N) is 1. The normalized spacial score (nSPS) is 10.0. The largest absolute Gasteiger partial charge is 0.339 e. The van der Waals surface area contributed by atoms with E-state index in [0.29, 0.717) is 10.8 Å². The van der Waals surface area contributed by atoms with Crippen LogP contribution in [0.2, 0.25) is 5.02 Å². The molecule has 2 nitrogen and oxygen atoms in total. The summed E-state index contributed by atoms with van der Waals surface area (Å²) in [5.74, 6) is 0.685. The van der Waals surface area contributed by atoms with Crippen molar-refractivity contribution in [2.75, 3.05) is 5.32 Å². The zero-order valence-electron chi connectivity index (χ0n) is 8.37. The van der Waals surface area contributed by atoms with Crippen molar-refractivity contribution in [2.24, 2.45) is 0 Å². The summed E-state index contributed by atoms with van der Waals surface area (Å²) in [6.07, 6.45) is 1.71. The zero-order chi connectivity index (χ0) is 10.7. The molecule has 2 rings (SSSR count). The lowest BCUT2D eigenvalue weighted by molar-refractivity contribution is 1.30. The molecule has 0 bridgehead atoms. The summed E-state index contributed by atoms with van der Waals surface area (Å²) in [4.78, 5) is 4.16. The van der Waals surface area contributed by atoms with Crippen LogP contribution in [0.25, 0.3) is 0 Å². The van der Waals surface area contributed by atoms with Crippen LogP contribution in [0.1, 0.15) is 5.56 Å². The summed E-state index contributed by atoms with van der Waals surface area (Å²) in [5.41, 5.74) is 2.20. The predicted molar refractivity (Wildman–Crippen MR) is 63.7 cm³/mol. The highest BCUT2D eigenvalue weighted by Crippen LogP contribution is 2.22. The highest BCUT2D eigenvalue weighted by atomic mass is 35.5. The number of benzene rings is 1. The minimum absolute atomic E-state index is 0.624. The Bertz CT molecular complexity index is 469. The second-order valence-electron chi connectivity index (χ2n) is 3.33. The predicted octanol–water partition coefficient (Wildman–Crippen LogP) is 3.79. The molecule has 0 radical (unpaired) electrons. The van der Waals surface area contributed by atoms with Gasteiger partial charge in [0, 0.05) is 11.9 Å². The van der Waals surface area contributed by atoms with Gasteiger partial charge >= 0.3 is 0 Å². The summed E-state index contributed by atoms with van der Waals surface area (Å²) in [6.45, 7) is 2.05. The maximum atomic E-state index is 5.99. The molecular formula is C12H11ClN2. The van der Waals surface area contributed by atoms with E-state index in [1.165, 1.54) is 5.56 Å². The van der Waals surface area contributed by atoms with Gasteiger partial charge in [-0.1, -0.05) is 23.7 Å². The third-order valence-electron chi connectivity index (χ3n) is 2.04. The van der Waals surface area contributed by atoms with Gasteiger partial charge in [-0.2, -0.15) is 0 Å². The first-order chi connectivity index (χ1) is 7.25. The van der Waals surface area contributed by atoms with Gasteiger partial charge in [0.25, 0.3) is 0 Å². The van der Waals surface area contributed by atoms with Gasteiger partial charge in [-0.25, -0.2) is 4.98 Å². The van der Waals surface area contributed by atoms with Gasteiger partial charge in [0.15, 0.2) is 0 Å². The molecule has 1 aromatic carbocycles. The summed E-state index contributed by atoms with van der Waals surface area (Å²) >= 11 is 5.99. The second kappa shape index (κ2) is 4.32. The van der Waals surface area contributed by atoms with Crippen molar-refractivity contribution in [3.63, 3.8) is 0 Å². The minimum atomic E-state index is 0.624. The number of anilines is 2. The molecule has 0 amide bonds. The van der Waals surface area contributed by atoms with Gasteiger partial charge < -0.3 is 5.32 Å². The van der Waals surface area contributed by atoms with Crippen LogP contribution in [0, 0.1) is 6.92 Å². The molecule has 1 heterocycles. The average Bonchev–Trinajstić information content (AvgIpc) is 2.22. The Balaban J connectivity index is 2.26. The van der Waals surface area contributed by atoms with E-state index in [-0.39, 0.29) is 0 Å². The fourth-order valence-corrected chi connectivity index (χ4v) is 1.51. The molecule has 0 saturated heterocycles. The maximum absolute atomic E-state index is 5.99. The van der Waals surface area contributed by atoms with E-state index in [9.17, 15) is 0 Å². The Kier molecular flexibility index (Phi) is 2.88. The van der Waals surface area contributed by atoms with E-state index < -0.39 is 0 Å². The monoisotopic (exact) mass is 218 g/mol. The number of aryl methyl sites for hydroxylation is 1. The van der Waals surface area contributed by atoms with Crippen LogP contribution in [-0.4, -0.2) is 4.98 Å². The number of nitrogens with one attached hydrogen (secondary N) is 1. The number of hydrogen-bond acceptors (Lipinski definition) is 2. The van der Waals surface area contributed by atoms with Crippen LogP contribution in [0.5, 0.6) is 0 Å². The Hall–Kier alpha value is -1.54. The topological polar surface area (TPSA) is 24.9 Å². The standard InChI is InChI=1S/C12H11ClN2/c1-9-4-2-5-10(8-9)15-12-11(13)6-3-7-14-12/h2-8H,1H3,(H,14,15). The molecule has 76 valence electrons. The van der Waals surface area contributed by atoms with Crippen LogP contribution >= 0.6 is 11.6 Å². The summed E-state index contributed by atoms with van der Waals surface area (Å²) in [6, 6.07) is 11.7. The van der Waals surface area contributed by atoms with Crippen molar-refractivity contribution in [1.29, 1.82) is 0 Å². The number of hydrogen-bond donors (Lipinski definition) is 1. The van der Waals surface area contributed by atoms with E-state index in [1.807, 2.05) is 43.3 Å². The molecule has 0 unspecified atom stereocenters. The SMILES string of the molecule is Cc1cccc(Nc2ncccc2Cl)c1. The van der Waals surface area contributed by atoms with Gasteiger partial charge in [-0.05, 0) is 36.8 Å². The molecule has 2 aromatic rings. The quantitative estimate of drug-likeness (QED) is 0.830. The molecule has 0 atom stereocenters. The first-order valence-electron chi connectivity index (χ1n) is 4.70. The summed E-state index contributed by atoms with van der Waals surface area (Å²) in [5, 5.41) is 3.79. The van der Waals surface area contributed by atoms with Crippen molar-refractivity contribution in [2.45, 2.75) is 6.92 Å². The lowest BCUT2D eigenvalue weighted by atomic mass is 10.2. The van der Waals surface area contributed by atoms with Gasteiger partial charge in [-0.3, -0.25) is 0 Å². The Morgan fingerprint density at radius 3 is 2.80 bits per heavy atom. The Morgan fingerprint density at radius 2 is 2.07 bits per heavy atom. The smallest absolute Gasteiger partial charge is 0.149 e. The molecular weight excluding hydrogens is 208 g/mol. The van der Waals surface area contributed by atoms with Crippen LogP contribution < -0.4 is 5.32 Å². The number of halogens is 1. The Labute approximate surface area is 93.9 Å². The molecule has 0 aliphatic rings. The van der Waals surface area contributed by atoms with Crippen LogP contribution in [0.15, 0.2) is 42.6 Å². The van der Waals surface area contributed by atoms with E-state index in [2.05, 4.69) is 10.3 Å². The molecule has 1 aromatic heterocycles. The average molecular weight is 219 g/mol. The summed E-state index contributed by atoms with van der Waals surface area (Å²) < 4.78 is 0. The van der Waals surface area contributed by atoms with E-state index in [4.69, 9.17) is 11.6 Å². The molecule has 0 aliphatic carbocycles. The van der Waals surface area contributed by atoms with Crippen LogP contribution in [0.4, 0.5) is 11.5 Å². The zero-order valence-corrected chi connectivity index (χ0v) is 9.12. The summed E-state index contributed by atoms with van der Waals surface area (Å²) in [7, 11) is 0. The first kappa shape index (κ1) is 9.99. The molecule has 3 heteroatoms. The second-order valence-corrected chi connectivity index (χ2v) is 3.74. The lowest BCUT2D eigenvalue weighted by Gasteiger charge is -2.07. The van der Waals surface area contributed by atoms with Gasteiger partial charge in [0.05, 0.1) is 5.02 Å². The fourth-order valence-electron chi connectivity index (χ4n) is 1.34. The number of rotatable bonds is 2. The van der Waals surface area contributed by atoms with E-state index in [0.717, 1.165) is 5.69 Å². The number of aromatic nitrogens is 1. The third kappa shape index (κ3) is 2.48.